The number of benzene rings is 1. The predicted molar refractivity (Wildman–Crippen MR) is 112 cm³/mol. The molecule has 0 amide bonds. The van der Waals surface area contributed by atoms with Crippen molar-refractivity contribution in [3.8, 4) is 17.1 Å². The zero-order chi connectivity index (χ0) is 20.2. The zero-order valence-corrected chi connectivity index (χ0v) is 16.8. The molecule has 2 N–H and O–H groups in total. The molecule has 2 aromatic heterocycles. The largest absolute Gasteiger partial charge is 0.493 e. The smallest absolute Gasteiger partial charge is 0.220 e. The molecule has 0 spiro atoms. The highest BCUT2D eigenvalue weighted by Crippen LogP contribution is 2.45. The van der Waals surface area contributed by atoms with Crippen LogP contribution in [0.1, 0.15) is 49.1 Å². The Kier molecular flexibility index (Phi) is 6.13. The molecule has 0 atom stereocenters. The van der Waals surface area contributed by atoms with Gasteiger partial charge >= 0.3 is 0 Å². The second-order valence-electron chi connectivity index (χ2n) is 7.63. The zero-order valence-electron chi connectivity index (χ0n) is 16.8. The number of hydrogen-bond donors (Lipinski definition) is 2. The van der Waals surface area contributed by atoms with Gasteiger partial charge in [-0.1, -0.05) is 31.4 Å². The third-order valence-corrected chi connectivity index (χ3v) is 5.89. The Morgan fingerprint density at radius 1 is 1.17 bits per heavy atom. The van der Waals surface area contributed by atoms with E-state index >= 15 is 0 Å². The molecule has 1 saturated carbocycles. The SMILES string of the molecule is COOCc1ccc2c(C3CCCCC3)c(-c3cccnc3O)n(CCO)c2c1. The number of aliphatic hydroxyl groups is 1. The number of aromatic nitrogens is 2. The van der Waals surface area contributed by atoms with Crippen molar-refractivity contribution < 1.29 is 20.0 Å². The van der Waals surface area contributed by atoms with Crippen molar-refractivity contribution in [3.05, 3.63) is 47.7 Å². The second kappa shape index (κ2) is 8.95. The number of fused-ring (bicyclic) bond motifs is 1. The predicted octanol–water partition coefficient (Wildman–Crippen LogP) is 4.53. The highest BCUT2D eigenvalue weighted by Gasteiger charge is 2.27. The maximum absolute atomic E-state index is 10.6. The van der Waals surface area contributed by atoms with Crippen LogP contribution in [0.5, 0.6) is 5.88 Å². The van der Waals surface area contributed by atoms with Gasteiger partial charge in [-0.3, -0.25) is 0 Å². The van der Waals surface area contributed by atoms with Gasteiger partial charge in [-0.2, -0.15) is 0 Å². The fourth-order valence-corrected chi connectivity index (χ4v) is 4.65. The minimum absolute atomic E-state index is 0.0146. The Bertz CT molecular complexity index is 976. The summed E-state index contributed by atoms with van der Waals surface area (Å²) in [6.07, 6.45) is 7.59. The lowest BCUT2D eigenvalue weighted by molar-refractivity contribution is -0.282. The standard InChI is InChI=1S/C23H28N2O4/c1-28-29-15-16-9-10-18-20(14-16)25(12-13-26)22(19-8-5-11-24-23(19)27)21(18)17-6-3-2-4-7-17/h5,8-11,14,17,26H,2-4,6-7,12-13,15H2,1H3,(H,24,27). The molecule has 0 saturated heterocycles. The molecule has 1 aromatic carbocycles. The van der Waals surface area contributed by atoms with Gasteiger partial charge in [0.25, 0.3) is 0 Å². The Labute approximate surface area is 170 Å². The van der Waals surface area contributed by atoms with Crippen LogP contribution in [-0.4, -0.2) is 33.5 Å². The van der Waals surface area contributed by atoms with Crippen LogP contribution < -0.4 is 0 Å². The summed E-state index contributed by atoms with van der Waals surface area (Å²) in [6, 6.07) is 10.0. The lowest BCUT2D eigenvalue weighted by Crippen LogP contribution is -2.08. The van der Waals surface area contributed by atoms with Gasteiger partial charge in [0.2, 0.25) is 5.88 Å². The molecule has 0 radical (unpaired) electrons. The fourth-order valence-electron chi connectivity index (χ4n) is 4.65. The molecule has 0 aliphatic heterocycles. The van der Waals surface area contributed by atoms with Crippen molar-refractivity contribution in [3.63, 3.8) is 0 Å². The maximum Gasteiger partial charge on any atom is 0.220 e. The van der Waals surface area contributed by atoms with E-state index in [9.17, 15) is 10.2 Å². The molecule has 1 aliphatic carbocycles. The summed E-state index contributed by atoms with van der Waals surface area (Å²) in [7, 11) is 1.50. The lowest BCUT2D eigenvalue weighted by atomic mass is 9.82. The average molecular weight is 396 g/mol. The van der Waals surface area contributed by atoms with Gasteiger partial charge < -0.3 is 14.8 Å². The molecule has 29 heavy (non-hydrogen) atoms. The first-order valence-corrected chi connectivity index (χ1v) is 10.3. The van der Waals surface area contributed by atoms with E-state index in [4.69, 9.17) is 9.78 Å². The van der Waals surface area contributed by atoms with Crippen LogP contribution >= 0.6 is 0 Å². The van der Waals surface area contributed by atoms with E-state index in [2.05, 4.69) is 27.8 Å². The fraction of sp³-hybridized carbons (Fsp3) is 0.435. The van der Waals surface area contributed by atoms with Crippen LogP contribution in [0.15, 0.2) is 36.5 Å². The van der Waals surface area contributed by atoms with Gasteiger partial charge in [0.15, 0.2) is 0 Å². The van der Waals surface area contributed by atoms with Crippen LogP contribution in [0.3, 0.4) is 0 Å². The molecule has 0 bridgehead atoms. The Morgan fingerprint density at radius 3 is 2.72 bits per heavy atom. The van der Waals surface area contributed by atoms with E-state index in [0.29, 0.717) is 24.6 Å². The van der Waals surface area contributed by atoms with Crippen LogP contribution in [0.2, 0.25) is 0 Å². The molecule has 4 rings (SSSR count). The summed E-state index contributed by atoms with van der Waals surface area (Å²) < 4.78 is 2.12. The second-order valence-corrected chi connectivity index (χ2v) is 7.63. The van der Waals surface area contributed by atoms with Crippen molar-refractivity contribution in [1.29, 1.82) is 0 Å². The van der Waals surface area contributed by atoms with E-state index in [-0.39, 0.29) is 12.5 Å². The minimum atomic E-state index is 0.0146. The van der Waals surface area contributed by atoms with Crippen LogP contribution in [-0.2, 0) is 22.9 Å². The first kappa shape index (κ1) is 19.9. The molecule has 0 unspecified atom stereocenters. The number of pyridine rings is 1. The highest BCUT2D eigenvalue weighted by molar-refractivity contribution is 5.93. The van der Waals surface area contributed by atoms with Gasteiger partial charge in [-0.25, -0.2) is 14.8 Å². The van der Waals surface area contributed by atoms with E-state index in [1.807, 2.05) is 12.1 Å². The normalized spacial score (nSPS) is 15.2. The molecular formula is C23H28N2O4. The topological polar surface area (TPSA) is 76.7 Å². The quantitative estimate of drug-likeness (QED) is 0.453. The number of aromatic hydroxyl groups is 1. The number of rotatable bonds is 7. The average Bonchev–Trinajstić information content (AvgIpc) is 3.07. The first-order chi connectivity index (χ1) is 14.2. The Balaban J connectivity index is 1.98. The van der Waals surface area contributed by atoms with Crippen molar-refractivity contribution >= 4 is 10.9 Å². The monoisotopic (exact) mass is 396 g/mol. The van der Waals surface area contributed by atoms with Crippen molar-refractivity contribution in [2.24, 2.45) is 0 Å². The molecule has 6 heteroatoms. The lowest BCUT2D eigenvalue weighted by Gasteiger charge is -2.23. The third kappa shape index (κ3) is 3.88. The minimum Gasteiger partial charge on any atom is -0.493 e. The van der Waals surface area contributed by atoms with Gasteiger partial charge in [-0.15, -0.1) is 0 Å². The van der Waals surface area contributed by atoms with E-state index in [1.54, 1.807) is 6.20 Å². The van der Waals surface area contributed by atoms with E-state index in [1.165, 1.54) is 37.3 Å². The van der Waals surface area contributed by atoms with E-state index in [0.717, 1.165) is 29.6 Å². The molecule has 6 nitrogen and oxygen atoms in total. The summed E-state index contributed by atoms with van der Waals surface area (Å²) in [5.74, 6) is 0.455. The van der Waals surface area contributed by atoms with Gasteiger partial charge in [-0.05, 0) is 48.1 Å². The summed E-state index contributed by atoms with van der Waals surface area (Å²) in [5, 5.41) is 21.5. The Hall–Kier alpha value is -2.41. The molecule has 1 aliphatic rings. The first-order valence-electron chi connectivity index (χ1n) is 10.3. The van der Waals surface area contributed by atoms with Crippen molar-refractivity contribution in [2.75, 3.05) is 13.7 Å². The van der Waals surface area contributed by atoms with Crippen LogP contribution in [0, 0.1) is 0 Å². The van der Waals surface area contributed by atoms with Crippen LogP contribution in [0.4, 0.5) is 0 Å². The number of hydrogen-bond acceptors (Lipinski definition) is 5. The highest BCUT2D eigenvalue weighted by atomic mass is 17.2. The maximum atomic E-state index is 10.6. The van der Waals surface area contributed by atoms with Crippen molar-refractivity contribution in [2.45, 2.75) is 51.2 Å². The van der Waals surface area contributed by atoms with E-state index < -0.39 is 0 Å². The number of aliphatic hydroxyl groups excluding tert-OH is 1. The summed E-state index contributed by atoms with van der Waals surface area (Å²) in [4.78, 5) is 14.0. The third-order valence-electron chi connectivity index (χ3n) is 5.89. The molecule has 3 aromatic rings. The van der Waals surface area contributed by atoms with Crippen molar-refractivity contribution in [1.82, 2.24) is 9.55 Å². The van der Waals surface area contributed by atoms with Gasteiger partial charge in [0, 0.05) is 23.6 Å². The Morgan fingerprint density at radius 2 is 2.00 bits per heavy atom. The molecule has 154 valence electrons. The van der Waals surface area contributed by atoms with Gasteiger partial charge in [0.1, 0.15) is 6.61 Å². The summed E-state index contributed by atoms with van der Waals surface area (Å²) in [5.41, 5.74) is 4.97. The molecular weight excluding hydrogens is 368 g/mol. The molecule has 1 fully saturated rings. The summed E-state index contributed by atoms with van der Waals surface area (Å²) >= 11 is 0. The summed E-state index contributed by atoms with van der Waals surface area (Å²) in [6.45, 7) is 0.811. The van der Waals surface area contributed by atoms with Crippen LogP contribution in [0.25, 0.3) is 22.2 Å². The van der Waals surface area contributed by atoms with Gasteiger partial charge in [0.05, 0.1) is 25.0 Å². The molecule has 2 heterocycles. The number of nitrogens with zero attached hydrogens (tertiary/aromatic N) is 2.